The maximum Gasteiger partial charge on any atom is 0.221 e. The molecule has 3 nitrogen and oxygen atoms in total. The van der Waals surface area contributed by atoms with Gasteiger partial charge < -0.3 is 11.1 Å². The van der Waals surface area contributed by atoms with E-state index in [2.05, 4.69) is 5.32 Å². The zero-order valence-electron chi connectivity index (χ0n) is 9.00. The lowest BCUT2D eigenvalue weighted by Gasteiger charge is -2.01. The van der Waals surface area contributed by atoms with Crippen LogP contribution in [0.2, 0.25) is 0 Å². The standard InChI is InChI=1S/C9H12N2O.C2H6.2H2/c1-11-8-4-2-3-7(5-8)6-9(10)12;1-2;;/h2-5,11H,6H2,1H3,(H2,10,12);1-2H3;2*1H. The van der Waals surface area contributed by atoms with Gasteiger partial charge in [-0.3, -0.25) is 4.79 Å². The second kappa shape index (κ2) is 6.95. The van der Waals surface area contributed by atoms with Crippen LogP contribution in [0.1, 0.15) is 22.3 Å². The van der Waals surface area contributed by atoms with Gasteiger partial charge in [-0.1, -0.05) is 26.0 Å². The minimum Gasteiger partial charge on any atom is -0.388 e. The number of nitrogens with two attached hydrogens (primary N) is 1. The number of hydrogen-bond acceptors (Lipinski definition) is 2. The molecule has 0 fully saturated rings. The third-order valence-corrected chi connectivity index (χ3v) is 1.59. The van der Waals surface area contributed by atoms with E-state index in [1.165, 1.54) is 0 Å². The third kappa shape index (κ3) is 4.50. The molecule has 14 heavy (non-hydrogen) atoms. The van der Waals surface area contributed by atoms with E-state index in [0.29, 0.717) is 6.42 Å². The summed E-state index contributed by atoms with van der Waals surface area (Å²) in [6, 6.07) is 7.62. The molecule has 0 saturated carbocycles. The monoisotopic (exact) mass is 198 g/mol. The summed E-state index contributed by atoms with van der Waals surface area (Å²) in [4.78, 5) is 10.6. The molecule has 3 N–H and O–H groups in total. The van der Waals surface area contributed by atoms with Crippen molar-refractivity contribution in [1.29, 1.82) is 0 Å². The van der Waals surface area contributed by atoms with Crippen molar-refractivity contribution in [2.75, 3.05) is 12.4 Å². The van der Waals surface area contributed by atoms with Crippen molar-refractivity contribution in [2.45, 2.75) is 20.3 Å². The Labute approximate surface area is 88.3 Å². The molecule has 1 aromatic rings. The second-order valence-electron chi connectivity index (χ2n) is 2.59. The molecule has 1 rings (SSSR count). The summed E-state index contributed by atoms with van der Waals surface area (Å²) >= 11 is 0. The predicted octanol–water partition coefficient (Wildman–Crippen LogP) is 2.27. The second-order valence-corrected chi connectivity index (χ2v) is 2.59. The Bertz CT molecular complexity index is 293. The number of carbonyl (C=O) groups excluding carboxylic acids is 1. The molecule has 0 aliphatic rings. The zero-order chi connectivity index (χ0) is 11.0. The fourth-order valence-corrected chi connectivity index (χ4v) is 1.04. The highest BCUT2D eigenvalue weighted by atomic mass is 16.1. The lowest BCUT2D eigenvalue weighted by Crippen LogP contribution is -2.13. The van der Waals surface area contributed by atoms with Crippen molar-refractivity contribution >= 4 is 11.6 Å². The first kappa shape index (κ1) is 12.5. The highest BCUT2D eigenvalue weighted by molar-refractivity contribution is 5.76. The van der Waals surface area contributed by atoms with Gasteiger partial charge in [0.2, 0.25) is 5.91 Å². The number of anilines is 1. The first-order valence-corrected chi connectivity index (χ1v) is 4.77. The SMILES string of the molecule is CC.CNc1cccc(CC(N)=O)c1.[HH].[HH]. The van der Waals surface area contributed by atoms with E-state index >= 15 is 0 Å². The van der Waals surface area contributed by atoms with Gasteiger partial charge in [-0.05, 0) is 17.7 Å². The number of primary amides is 1. The van der Waals surface area contributed by atoms with Crippen LogP contribution in [0.25, 0.3) is 0 Å². The van der Waals surface area contributed by atoms with Gasteiger partial charge in [-0.2, -0.15) is 0 Å². The van der Waals surface area contributed by atoms with E-state index in [0.717, 1.165) is 11.3 Å². The number of benzene rings is 1. The molecule has 1 aromatic carbocycles. The van der Waals surface area contributed by atoms with Crippen LogP contribution in [-0.4, -0.2) is 13.0 Å². The molecule has 0 spiro atoms. The molecule has 82 valence electrons. The van der Waals surface area contributed by atoms with Gasteiger partial charge in [-0.15, -0.1) is 0 Å². The van der Waals surface area contributed by atoms with Gasteiger partial charge in [0.05, 0.1) is 6.42 Å². The molecular formula is C11H22N2O. The molecule has 0 saturated heterocycles. The average molecular weight is 198 g/mol. The van der Waals surface area contributed by atoms with Gasteiger partial charge in [0, 0.05) is 15.6 Å². The van der Waals surface area contributed by atoms with Crippen molar-refractivity contribution in [3.63, 3.8) is 0 Å². The summed E-state index contributed by atoms with van der Waals surface area (Å²) in [6.45, 7) is 4.00. The Kier molecular flexibility index (Phi) is 6.20. The van der Waals surface area contributed by atoms with E-state index < -0.39 is 0 Å². The third-order valence-electron chi connectivity index (χ3n) is 1.59. The van der Waals surface area contributed by atoms with Crippen LogP contribution in [0.3, 0.4) is 0 Å². The van der Waals surface area contributed by atoms with Crippen LogP contribution in [0, 0.1) is 0 Å². The molecule has 0 aliphatic carbocycles. The average Bonchev–Trinajstić information content (AvgIpc) is 2.20. The Morgan fingerprint density at radius 3 is 2.64 bits per heavy atom. The van der Waals surface area contributed by atoms with Crippen molar-refractivity contribution in [1.82, 2.24) is 0 Å². The highest BCUT2D eigenvalue weighted by Gasteiger charge is 1.97. The molecule has 0 aliphatic heterocycles. The fourth-order valence-electron chi connectivity index (χ4n) is 1.04. The smallest absolute Gasteiger partial charge is 0.221 e. The molecule has 0 radical (unpaired) electrons. The largest absolute Gasteiger partial charge is 0.388 e. The fraction of sp³-hybridized carbons (Fsp3) is 0.364. The summed E-state index contributed by atoms with van der Waals surface area (Å²) in [5.74, 6) is -0.303. The van der Waals surface area contributed by atoms with Gasteiger partial charge >= 0.3 is 0 Å². The van der Waals surface area contributed by atoms with E-state index in [1.54, 1.807) is 0 Å². The molecule has 0 bridgehead atoms. The normalized spacial score (nSPS) is 8.50. The van der Waals surface area contributed by atoms with Crippen molar-refractivity contribution in [3.05, 3.63) is 29.8 Å². The number of nitrogens with one attached hydrogen (secondary N) is 1. The van der Waals surface area contributed by atoms with Gasteiger partial charge in [0.1, 0.15) is 0 Å². The predicted molar refractivity (Wildman–Crippen MR) is 64.5 cm³/mol. The first-order valence-electron chi connectivity index (χ1n) is 4.77. The zero-order valence-corrected chi connectivity index (χ0v) is 9.00. The van der Waals surface area contributed by atoms with Crippen LogP contribution in [-0.2, 0) is 11.2 Å². The van der Waals surface area contributed by atoms with Crippen molar-refractivity contribution < 1.29 is 7.65 Å². The highest BCUT2D eigenvalue weighted by Crippen LogP contribution is 2.09. The molecule has 0 atom stereocenters. The minimum absolute atomic E-state index is 0. The summed E-state index contributed by atoms with van der Waals surface area (Å²) in [5.41, 5.74) is 6.99. The Morgan fingerprint density at radius 1 is 1.50 bits per heavy atom. The van der Waals surface area contributed by atoms with Gasteiger partial charge in [0.25, 0.3) is 0 Å². The lowest BCUT2D eigenvalue weighted by molar-refractivity contribution is -0.117. The first-order chi connectivity index (χ1) is 6.72. The molecule has 0 unspecified atom stereocenters. The maximum absolute atomic E-state index is 10.6. The van der Waals surface area contributed by atoms with E-state index in [4.69, 9.17) is 5.73 Å². The Balaban J connectivity index is -0.000000399. The lowest BCUT2D eigenvalue weighted by atomic mass is 10.1. The molecule has 0 aromatic heterocycles. The van der Waals surface area contributed by atoms with E-state index in [-0.39, 0.29) is 8.76 Å². The summed E-state index contributed by atoms with van der Waals surface area (Å²) < 4.78 is 0. The maximum atomic E-state index is 10.6. The van der Waals surface area contributed by atoms with E-state index in [1.807, 2.05) is 45.2 Å². The van der Waals surface area contributed by atoms with E-state index in [9.17, 15) is 4.79 Å². The van der Waals surface area contributed by atoms with Crippen LogP contribution >= 0.6 is 0 Å². The minimum atomic E-state index is -0.303. The summed E-state index contributed by atoms with van der Waals surface area (Å²) in [6.07, 6.45) is 0.301. The summed E-state index contributed by atoms with van der Waals surface area (Å²) in [5, 5.41) is 2.99. The van der Waals surface area contributed by atoms with Crippen molar-refractivity contribution in [2.24, 2.45) is 5.73 Å². The van der Waals surface area contributed by atoms with Crippen LogP contribution in [0.4, 0.5) is 5.69 Å². The topological polar surface area (TPSA) is 55.1 Å². The number of rotatable bonds is 3. The Hall–Kier alpha value is -1.51. The van der Waals surface area contributed by atoms with Crippen LogP contribution in [0.15, 0.2) is 24.3 Å². The quantitative estimate of drug-likeness (QED) is 0.782. The van der Waals surface area contributed by atoms with Gasteiger partial charge in [0.15, 0.2) is 0 Å². The van der Waals surface area contributed by atoms with Crippen LogP contribution in [0.5, 0.6) is 0 Å². The summed E-state index contributed by atoms with van der Waals surface area (Å²) in [7, 11) is 1.84. The number of carbonyl (C=O) groups is 1. The number of amides is 1. The van der Waals surface area contributed by atoms with Gasteiger partial charge in [-0.25, -0.2) is 0 Å². The molecule has 3 heteroatoms. The molecule has 1 amide bonds. The number of hydrogen-bond donors (Lipinski definition) is 2. The van der Waals surface area contributed by atoms with Crippen LogP contribution < -0.4 is 11.1 Å². The molecule has 0 heterocycles. The Morgan fingerprint density at radius 2 is 2.14 bits per heavy atom. The van der Waals surface area contributed by atoms with Crippen molar-refractivity contribution in [3.8, 4) is 0 Å². The molecular weight excluding hydrogens is 176 g/mol.